The Bertz CT molecular complexity index is 1080. The highest BCUT2D eigenvalue weighted by atomic mass is 32.2. The molecule has 3 aromatic rings. The first-order valence-electron chi connectivity index (χ1n) is 9.12. The summed E-state index contributed by atoms with van der Waals surface area (Å²) >= 11 is 1.37. The summed E-state index contributed by atoms with van der Waals surface area (Å²) in [6.07, 6.45) is 1.56. The van der Waals surface area contributed by atoms with Crippen LogP contribution in [0.15, 0.2) is 58.5 Å². The summed E-state index contributed by atoms with van der Waals surface area (Å²) in [6, 6.07) is 15.4. The van der Waals surface area contributed by atoms with E-state index in [4.69, 9.17) is 0 Å². The molecule has 2 heterocycles. The van der Waals surface area contributed by atoms with Gasteiger partial charge in [-0.2, -0.15) is 0 Å². The minimum atomic E-state index is -0.282. The molecule has 1 aliphatic rings. The number of amides is 1. The zero-order valence-corrected chi connectivity index (χ0v) is 16.2. The molecule has 27 heavy (non-hydrogen) atoms. The highest BCUT2D eigenvalue weighted by Gasteiger charge is 2.30. The van der Waals surface area contributed by atoms with Crippen LogP contribution in [0.1, 0.15) is 18.9 Å². The van der Waals surface area contributed by atoms with E-state index in [-0.39, 0.29) is 16.7 Å². The summed E-state index contributed by atoms with van der Waals surface area (Å²) in [4.78, 5) is 32.3. The van der Waals surface area contributed by atoms with Gasteiger partial charge < -0.3 is 4.90 Å². The van der Waals surface area contributed by atoms with Gasteiger partial charge in [0.1, 0.15) is 0 Å². The summed E-state index contributed by atoms with van der Waals surface area (Å²) in [7, 11) is 1.71. The monoisotopic (exact) mass is 379 g/mol. The second-order valence-corrected chi connectivity index (χ2v) is 7.83. The molecule has 1 unspecified atom stereocenters. The Hall–Kier alpha value is -2.60. The van der Waals surface area contributed by atoms with Crippen LogP contribution in [0, 0.1) is 0 Å². The third-order valence-electron chi connectivity index (χ3n) is 4.99. The number of benzene rings is 2. The zero-order valence-electron chi connectivity index (χ0n) is 15.4. The molecule has 0 aliphatic carbocycles. The summed E-state index contributed by atoms with van der Waals surface area (Å²) in [6.45, 7) is 2.70. The van der Waals surface area contributed by atoms with Crippen LogP contribution in [0.5, 0.6) is 0 Å². The first-order valence-corrected chi connectivity index (χ1v) is 10.00. The van der Waals surface area contributed by atoms with Crippen LogP contribution in [0.4, 0.5) is 5.69 Å². The molecule has 0 radical (unpaired) electrons. The first-order chi connectivity index (χ1) is 13.1. The van der Waals surface area contributed by atoms with Crippen LogP contribution < -0.4 is 10.5 Å². The lowest BCUT2D eigenvalue weighted by Crippen LogP contribution is -2.36. The molecule has 0 bridgehead atoms. The molecule has 0 saturated heterocycles. The molecule has 1 aromatic heterocycles. The Morgan fingerprint density at radius 1 is 1.19 bits per heavy atom. The number of carbonyl (C=O) groups is 1. The lowest BCUT2D eigenvalue weighted by atomic mass is 10.2. The number of aromatic nitrogens is 2. The Labute approximate surface area is 162 Å². The van der Waals surface area contributed by atoms with Crippen LogP contribution in [-0.4, -0.2) is 27.3 Å². The van der Waals surface area contributed by atoms with Crippen LogP contribution in [-0.2, 0) is 18.3 Å². The van der Waals surface area contributed by atoms with Gasteiger partial charge in [-0.3, -0.25) is 14.2 Å². The van der Waals surface area contributed by atoms with Gasteiger partial charge in [-0.15, -0.1) is 0 Å². The number of hydrogen-bond donors (Lipinski definition) is 0. The summed E-state index contributed by atoms with van der Waals surface area (Å²) in [5.74, 6) is 0.0786. The standard InChI is InChI=1S/C21H21N3O2S/c1-3-18(20(26)24-13-12-14-8-4-7-11-17(14)24)27-21-22-16-10-6-5-9-15(16)19(25)23(21)2/h4-11,18H,3,12-13H2,1-2H3. The van der Waals surface area contributed by atoms with E-state index in [1.54, 1.807) is 17.7 Å². The van der Waals surface area contributed by atoms with Gasteiger partial charge >= 0.3 is 0 Å². The van der Waals surface area contributed by atoms with E-state index in [1.807, 2.05) is 48.2 Å². The first kappa shape index (κ1) is 17.8. The lowest BCUT2D eigenvalue weighted by molar-refractivity contribution is -0.118. The fraction of sp³-hybridized carbons (Fsp3) is 0.286. The van der Waals surface area contributed by atoms with Crippen molar-refractivity contribution in [1.29, 1.82) is 0 Å². The van der Waals surface area contributed by atoms with Gasteiger partial charge in [0.2, 0.25) is 5.91 Å². The van der Waals surface area contributed by atoms with Crippen LogP contribution in [0.3, 0.4) is 0 Å². The summed E-state index contributed by atoms with van der Waals surface area (Å²) in [5.41, 5.74) is 2.79. The Kier molecular flexibility index (Phi) is 4.74. The number of carbonyl (C=O) groups excluding carboxylic acids is 1. The summed E-state index contributed by atoms with van der Waals surface area (Å²) < 4.78 is 1.54. The maximum absolute atomic E-state index is 13.2. The van der Waals surface area contributed by atoms with Crippen molar-refractivity contribution in [3.05, 3.63) is 64.4 Å². The van der Waals surface area contributed by atoms with E-state index in [0.29, 0.717) is 29.0 Å². The summed E-state index contributed by atoms with van der Waals surface area (Å²) in [5, 5.41) is 0.888. The van der Waals surface area contributed by atoms with Gasteiger partial charge in [0.25, 0.3) is 5.56 Å². The number of hydrogen-bond acceptors (Lipinski definition) is 4. The average Bonchev–Trinajstić information content (AvgIpc) is 3.13. The molecule has 1 amide bonds. The Morgan fingerprint density at radius 2 is 1.93 bits per heavy atom. The van der Waals surface area contributed by atoms with Crippen molar-refractivity contribution < 1.29 is 4.79 Å². The smallest absolute Gasteiger partial charge is 0.261 e. The van der Waals surface area contributed by atoms with Gasteiger partial charge in [0, 0.05) is 19.3 Å². The number of thioether (sulfide) groups is 1. The average molecular weight is 379 g/mol. The van der Waals surface area contributed by atoms with Crippen molar-refractivity contribution >= 4 is 34.3 Å². The van der Waals surface area contributed by atoms with Crippen LogP contribution in [0.2, 0.25) is 0 Å². The number of nitrogens with zero attached hydrogens (tertiary/aromatic N) is 3. The van der Waals surface area contributed by atoms with Gasteiger partial charge in [-0.25, -0.2) is 4.98 Å². The maximum atomic E-state index is 13.2. The van der Waals surface area contributed by atoms with Gasteiger partial charge in [0.05, 0.1) is 16.2 Å². The fourth-order valence-corrected chi connectivity index (χ4v) is 4.52. The van der Waals surface area contributed by atoms with E-state index >= 15 is 0 Å². The van der Waals surface area contributed by atoms with Gasteiger partial charge in [-0.1, -0.05) is 49.0 Å². The van der Waals surface area contributed by atoms with Crippen molar-refractivity contribution in [3.8, 4) is 0 Å². The maximum Gasteiger partial charge on any atom is 0.261 e. The topological polar surface area (TPSA) is 55.2 Å². The number of anilines is 1. The van der Waals surface area contributed by atoms with Crippen molar-refractivity contribution in [2.75, 3.05) is 11.4 Å². The second kappa shape index (κ2) is 7.19. The lowest BCUT2D eigenvalue weighted by Gasteiger charge is -2.23. The fourth-order valence-electron chi connectivity index (χ4n) is 3.48. The molecule has 2 aromatic carbocycles. The zero-order chi connectivity index (χ0) is 19.0. The second-order valence-electron chi connectivity index (χ2n) is 6.66. The van der Waals surface area contributed by atoms with Crippen molar-refractivity contribution in [3.63, 3.8) is 0 Å². The predicted molar refractivity (Wildman–Crippen MR) is 109 cm³/mol. The van der Waals surface area contributed by atoms with E-state index < -0.39 is 0 Å². The Morgan fingerprint density at radius 3 is 2.74 bits per heavy atom. The Balaban J connectivity index is 1.65. The minimum Gasteiger partial charge on any atom is -0.311 e. The molecular formula is C21H21N3O2S. The van der Waals surface area contributed by atoms with Crippen molar-refractivity contribution in [2.24, 2.45) is 7.05 Å². The van der Waals surface area contributed by atoms with E-state index in [9.17, 15) is 9.59 Å². The number of para-hydroxylation sites is 2. The predicted octanol–water partition coefficient (Wildman–Crippen LogP) is 3.39. The normalized spacial score (nSPS) is 14.4. The van der Waals surface area contributed by atoms with E-state index in [1.165, 1.54) is 17.3 Å². The van der Waals surface area contributed by atoms with Gasteiger partial charge in [0.15, 0.2) is 5.16 Å². The molecule has 138 valence electrons. The third kappa shape index (κ3) is 3.14. The number of rotatable bonds is 4. The molecule has 1 atom stereocenters. The molecule has 0 saturated carbocycles. The van der Waals surface area contributed by atoms with E-state index in [2.05, 4.69) is 11.1 Å². The molecular weight excluding hydrogens is 358 g/mol. The van der Waals surface area contributed by atoms with E-state index in [0.717, 1.165) is 12.1 Å². The third-order valence-corrected chi connectivity index (χ3v) is 6.38. The SMILES string of the molecule is CCC(Sc1nc2ccccc2c(=O)n1C)C(=O)N1CCc2ccccc21. The van der Waals surface area contributed by atoms with Crippen LogP contribution in [0.25, 0.3) is 10.9 Å². The molecule has 0 spiro atoms. The highest BCUT2D eigenvalue weighted by Crippen LogP contribution is 2.32. The van der Waals surface area contributed by atoms with Crippen molar-refractivity contribution in [1.82, 2.24) is 9.55 Å². The highest BCUT2D eigenvalue weighted by molar-refractivity contribution is 8.00. The minimum absolute atomic E-state index is 0.0786. The quantitative estimate of drug-likeness (QED) is 0.515. The largest absolute Gasteiger partial charge is 0.311 e. The molecule has 6 heteroatoms. The van der Waals surface area contributed by atoms with Gasteiger partial charge in [-0.05, 0) is 36.6 Å². The van der Waals surface area contributed by atoms with Crippen molar-refractivity contribution in [2.45, 2.75) is 30.2 Å². The molecule has 0 fully saturated rings. The van der Waals surface area contributed by atoms with Crippen LogP contribution >= 0.6 is 11.8 Å². The molecule has 1 aliphatic heterocycles. The molecule has 0 N–H and O–H groups in total. The molecule has 4 rings (SSSR count). The number of fused-ring (bicyclic) bond motifs is 2. The molecule has 5 nitrogen and oxygen atoms in total.